The molecule has 1 saturated heterocycles. The van der Waals surface area contributed by atoms with E-state index in [1.807, 2.05) is 35.2 Å². The highest BCUT2D eigenvalue weighted by Crippen LogP contribution is 2.36. The highest BCUT2D eigenvalue weighted by Gasteiger charge is 2.28. The largest absolute Gasteiger partial charge is 0.369 e. The fourth-order valence-electron chi connectivity index (χ4n) is 4.65. The Morgan fingerprint density at radius 2 is 1.39 bits per heavy atom. The van der Waals surface area contributed by atoms with Crippen molar-refractivity contribution in [2.75, 3.05) is 42.5 Å². The SMILES string of the molecule is O=C(CN1CCN(c2cccc(Cl)c2)CC1)N1c2ccccc2CCc2ccccc21. The Bertz CT molecular complexity index is 1040. The van der Waals surface area contributed by atoms with Crippen molar-refractivity contribution in [3.8, 4) is 0 Å². The number of nitrogens with zero attached hydrogens (tertiary/aromatic N) is 3. The van der Waals surface area contributed by atoms with E-state index >= 15 is 0 Å². The van der Waals surface area contributed by atoms with Crippen LogP contribution in [0.4, 0.5) is 17.1 Å². The first kappa shape index (κ1) is 20.1. The quantitative estimate of drug-likeness (QED) is 0.588. The second-order valence-corrected chi connectivity index (χ2v) is 8.67. The fourth-order valence-corrected chi connectivity index (χ4v) is 4.83. The minimum Gasteiger partial charge on any atom is -0.369 e. The third-order valence-corrected chi connectivity index (χ3v) is 6.52. The van der Waals surface area contributed by atoms with Crippen LogP contribution in [-0.2, 0) is 17.6 Å². The van der Waals surface area contributed by atoms with E-state index in [0.717, 1.165) is 61.1 Å². The normalized spacial score (nSPS) is 16.4. The Morgan fingerprint density at radius 1 is 0.774 bits per heavy atom. The number of hydrogen-bond donors (Lipinski definition) is 0. The molecule has 0 atom stereocenters. The first-order valence-electron chi connectivity index (χ1n) is 10.9. The number of rotatable bonds is 3. The van der Waals surface area contributed by atoms with Crippen LogP contribution in [0.15, 0.2) is 72.8 Å². The molecule has 3 aromatic rings. The monoisotopic (exact) mass is 431 g/mol. The molecule has 2 aliphatic heterocycles. The molecule has 1 amide bonds. The average Bonchev–Trinajstić information content (AvgIpc) is 2.96. The molecular weight excluding hydrogens is 406 g/mol. The summed E-state index contributed by atoms with van der Waals surface area (Å²) >= 11 is 6.16. The van der Waals surface area contributed by atoms with E-state index in [4.69, 9.17) is 11.6 Å². The summed E-state index contributed by atoms with van der Waals surface area (Å²) in [6.07, 6.45) is 1.91. The zero-order valence-electron chi connectivity index (χ0n) is 17.5. The summed E-state index contributed by atoms with van der Waals surface area (Å²) in [6, 6.07) is 24.6. The highest BCUT2D eigenvalue weighted by molar-refractivity contribution is 6.30. The van der Waals surface area contributed by atoms with Crippen LogP contribution in [0.25, 0.3) is 0 Å². The van der Waals surface area contributed by atoms with Gasteiger partial charge in [0, 0.05) is 36.9 Å². The van der Waals surface area contributed by atoms with Crippen LogP contribution in [0.2, 0.25) is 5.02 Å². The lowest BCUT2D eigenvalue weighted by Crippen LogP contribution is -2.49. The molecule has 2 heterocycles. The first-order valence-corrected chi connectivity index (χ1v) is 11.3. The summed E-state index contributed by atoms with van der Waals surface area (Å²) in [5.74, 6) is 0.137. The predicted molar refractivity (Wildman–Crippen MR) is 128 cm³/mol. The standard InChI is InChI=1S/C26H26ClN3O/c27-22-8-5-9-23(18-22)29-16-14-28(15-17-29)19-26(31)30-24-10-3-1-6-20(24)12-13-21-7-2-4-11-25(21)30/h1-11,18H,12-17,19H2. The van der Waals surface area contributed by atoms with Crippen molar-refractivity contribution in [1.29, 1.82) is 0 Å². The number of hydrogen-bond acceptors (Lipinski definition) is 3. The molecule has 31 heavy (non-hydrogen) atoms. The Hall–Kier alpha value is -2.82. The Balaban J connectivity index is 1.33. The Morgan fingerprint density at radius 3 is 2.00 bits per heavy atom. The zero-order valence-corrected chi connectivity index (χ0v) is 18.3. The van der Waals surface area contributed by atoms with Gasteiger partial charge in [-0.15, -0.1) is 0 Å². The van der Waals surface area contributed by atoms with Crippen LogP contribution >= 0.6 is 11.6 Å². The van der Waals surface area contributed by atoms with E-state index < -0.39 is 0 Å². The van der Waals surface area contributed by atoms with Gasteiger partial charge < -0.3 is 4.90 Å². The molecule has 0 aliphatic carbocycles. The fraction of sp³-hybridized carbons (Fsp3) is 0.269. The molecule has 0 saturated carbocycles. The number of carbonyl (C=O) groups excluding carboxylic acids is 1. The lowest BCUT2D eigenvalue weighted by atomic mass is 10.0. The molecule has 0 bridgehead atoms. The van der Waals surface area contributed by atoms with Crippen molar-refractivity contribution in [1.82, 2.24) is 4.90 Å². The van der Waals surface area contributed by atoms with E-state index in [2.05, 4.69) is 52.3 Å². The summed E-state index contributed by atoms with van der Waals surface area (Å²) in [5.41, 5.74) is 5.66. The van der Waals surface area contributed by atoms with Gasteiger partial charge in [-0.25, -0.2) is 0 Å². The third-order valence-electron chi connectivity index (χ3n) is 6.28. The maximum absolute atomic E-state index is 13.6. The Labute approximate surface area is 188 Å². The number of aryl methyl sites for hydroxylation is 2. The molecule has 2 aliphatic rings. The topological polar surface area (TPSA) is 26.8 Å². The lowest BCUT2D eigenvalue weighted by Gasteiger charge is -2.37. The van der Waals surface area contributed by atoms with Crippen molar-refractivity contribution < 1.29 is 4.79 Å². The number of amides is 1. The van der Waals surface area contributed by atoms with Crippen LogP contribution in [0, 0.1) is 0 Å². The van der Waals surface area contributed by atoms with Gasteiger partial charge >= 0.3 is 0 Å². The van der Waals surface area contributed by atoms with Crippen LogP contribution in [0.1, 0.15) is 11.1 Å². The third kappa shape index (κ3) is 4.18. The number of para-hydroxylation sites is 2. The Kier molecular flexibility index (Phi) is 5.66. The van der Waals surface area contributed by atoms with E-state index in [0.29, 0.717) is 6.54 Å². The maximum Gasteiger partial charge on any atom is 0.245 e. The summed E-state index contributed by atoms with van der Waals surface area (Å²) in [7, 11) is 0. The molecule has 0 spiro atoms. The van der Waals surface area contributed by atoms with E-state index in [-0.39, 0.29) is 5.91 Å². The van der Waals surface area contributed by atoms with Crippen molar-refractivity contribution in [2.45, 2.75) is 12.8 Å². The molecule has 5 rings (SSSR count). The van der Waals surface area contributed by atoms with Gasteiger partial charge in [-0.3, -0.25) is 14.6 Å². The lowest BCUT2D eigenvalue weighted by molar-refractivity contribution is -0.119. The molecule has 4 nitrogen and oxygen atoms in total. The first-order chi connectivity index (χ1) is 15.2. The van der Waals surface area contributed by atoms with Gasteiger partial charge in [0.2, 0.25) is 5.91 Å². The van der Waals surface area contributed by atoms with Gasteiger partial charge in [0.05, 0.1) is 17.9 Å². The molecule has 5 heteroatoms. The molecule has 158 valence electrons. The molecule has 0 radical (unpaired) electrons. The number of fused-ring (bicyclic) bond motifs is 2. The molecule has 0 aromatic heterocycles. The second-order valence-electron chi connectivity index (χ2n) is 8.23. The molecule has 3 aromatic carbocycles. The minimum atomic E-state index is 0.137. The number of halogens is 1. The van der Waals surface area contributed by atoms with E-state index in [1.165, 1.54) is 11.1 Å². The van der Waals surface area contributed by atoms with Crippen LogP contribution in [-0.4, -0.2) is 43.5 Å². The van der Waals surface area contributed by atoms with E-state index in [1.54, 1.807) is 0 Å². The number of carbonyl (C=O) groups is 1. The van der Waals surface area contributed by atoms with Crippen LogP contribution < -0.4 is 9.80 Å². The van der Waals surface area contributed by atoms with Gasteiger partial charge in [0.25, 0.3) is 0 Å². The van der Waals surface area contributed by atoms with Gasteiger partial charge in [0.15, 0.2) is 0 Å². The van der Waals surface area contributed by atoms with Gasteiger partial charge in [0.1, 0.15) is 0 Å². The predicted octanol–water partition coefficient (Wildman–Crippen LogP) is 4.93. The zero-order chi connectivity index (χ0) is 21.2. The number of benzene rings is 3. The van der Waals surface area contributed by atoms with Crippen molar-refractivity contribution >= 4 is 34.6 Å². The van der Waals surface area contributed by atoms with Crippen molar-refractivity contribution in [3.05, 3.63) is 88.9 Å². The minimum absolute atomic E-state index is 0.137. The van der Waals surface area contributed by atoms with Crippen LogP contribution in [0.3, 0.4) is 0 Å². The molecule has 0 N–H and O–H groups in total. The average molecular weight is 432 g/mol. The maximum atomic E-state index is 13.6. The van der Waals surface area contributed by atoms with Crippen molar-refractivity contribution in [3.63, 3.8) is 0 Å². The summed E-state index contributed by atoms with van der Waals surface area (Å²) in [5, 5.41) is 0.758. The number of piperazine rings is 1. The second kappa shape index (κ2) is 8.74. The summed E-state index contributed by atoms with van der Waals surface area (Å²) in [6.45, 7) is 3.92. The van der Waals surface area contributed by atoms with Gasteiger partial charge in [-0.1, -0.05) is 54.1 Å². The number of anilines is 3. The van der Waals surface area contributed by atoms with Crippen LogP contribution in [0.5, 0.6) is 0 Å². The van der Waals surface area contributed by atoms with E-state index in [9.17, 15) is 4.79 Å². The smallest absolute Gasteiger partial charge is 0.245 e. The molecule has 1 fully saturated rings. The van der Waals surface area contributed by atoms with Crippen molar-refractivity contribution in [2.24, 2.45) is 0 Å². The highest BCUT2D eigenvalue weighted by atomic mass is 35.5. The van der Waals surface area contributed by atoms with Gasteiger partial charge in [-0.2, -0.15) is 0 Å². The van der Waals surface area contributed by atoms with Gasteiger partial charge in [-0.05, 0) is 54.3 Å². The summed E-state index contributed by atoms with van der Waals surface area (Å²) in [4.78, 5) is 20.1. The summed E-state index contributed by atoms with van der Waals surface area (Å²) < 4.78 is 0. The molecular formula is C26H26ClN3O. The molecule has 0 unspecified atom stereocenters.